The van der Waals surface area contributed by atoms with Crippen LogP contribution in [-0.2, 0) is 0 Å². The molecule has 116 valence electrons. The topological polar surface area (TPSA) is 45.4 Å². The van der Waals surface area contributed by atoms with Crippen LogP contribution < -0.4 is 0 Å². The number of nitrogens with zero attached hydrogens (tertiary/aromatic N) is 1. The van der Waals surface area contributed by atoms with Crippen LogP contribution in [-0.4, -0.2) is 14.8 Å². The van der Waals surface area contributed by atoms with Crippen LogP contribution in [0.3, 0.4) is 0 Å². The molecule has 2 atom stereocenters. The third-order valence-corrected chi connectivity index (χ3v) is 5.77. The Kier molecular flexibility index (Phi) is 2.45. The van der Waals surface area contributed by atoms with Gasteiger partial charge in [0.05, 0.1) is 5.69 Å². The first-order chi connectivity index (χ1) is 11.2. The predicted octanol–water partition coefficient (Wildman–Crippen LogP) is 4.71. The second-order valence-electron chi connectivity index (χ2n) is 6.97. The second kappa shape index (κ2) is 4.31. The van der Waals surface area contributed by atoms with E-state index >= 15 is 0 Å². The molecule has 0 aliphatic heterocycles. The Bertz CT molecular complexity index is 920. The van der Waals surface area contributed by atoms with Gasteiger partial charge in [-0.05, 0) is 49.0 Å². The lowest BCUT2D eigenvalue weighted by Crippen LogP contribution is -1.99. The van der Waals surface area contributed by atoms with Crippen LogP contribution >= 0.6 is 0 Å². The van der Waals surface area contributed by atoms with Crippen molar-refractivity contribution in [3.8, 4) is 17.4 Å². The maximum absolute atomic E-state index is 10.9. The van der Waals surface area contributed by atoms with Crippen LogP contribution in [0.25, 0.3) is 16.5 Å². The van der Waals surface area contributed by atoms with Gasteiger partial charge in [-0.3, -0.25) is 4.57 Å². The van der Waals surface area contributed by atoms with E-state index in [9.17, 15) is 10.2 Å². The number of aromatic hydroxyl groups is 2. The highest BCUT2D eigenvalue weighted by Gasteiger charge is 2.44. The summed E-state index contributed by atoms with van der Waals surface area (Å²) in [6.07, 6.45) is 3.34. The number of aromatic nitrogens is 1. The fraction of sp³-hybridized carbons (Fsp3) is 0.300. The molecule has 0 radical (unpaired) electrons. The Morgan fingerprint density at radius 3 is 2.26 bits per heavy atom. The van der Waals surface area contributed by atoms with Crippen LogP contribution in [0.2, 0.25) is 0 Å². The number of fused-ring (bicyclic) bond motifs is 6. The van der Waals surface area contributed by atoms with Crippen LogP contribution in [0.15, 0.2) is 36.4 Å². The van der Waals surface area contributed by atoms with Gasteiger partial charge in [0.15, 0.2) is 0 Å². The minimum atomic E-state index is 0.240. The zero-order chi connectivity index (χ0) is 15.7. The van der Waals surface area contributed by atoms with Gasteiger partial charge in [-0.1, -0.05) is 36.4 Å². The molecule has 2 aliphatic rings. The van der Waals surface area contributed by atoms with Gasteiger partial charge >= 0.3 is 0 Å². The Labute approximate surface area is 134 Å². The molecule has 2 N–H and O–H groups in total. The summed E-state index contributed by atoms with van der Waals surface area (Å²) in [5.41, 5.74) is 3.93. The number of hydrogen-bond acceptors (Lipinski definition) is 2. The third-order valence-electron chi connectivity index (χ3n) is 5.77. The highest BCUT2D eigenvalue weighted by Crippen LogP contribution is 2.60. The molecule has 0 unspecified atom stereocenters. The van der Waals surface area contributed by atoms with Gasteiger partial charge in [0.25, 0.3) is 0 Å². The smallest absolute Gasteiger partial charge is 0.202 e. The second-order valence-corrected chi connectivity index (χ2v) is 6.97. The van der Waals surface area contributed by atoms with Crippen molar-refractivity contribution in [1.29, 1.82) is 0 Å². The zero-order valence-corrected chi connectivity index (χ0v) is 13.1. The van der Waals surface area contributed by atoms with Crippen LogP contribution in [0.5, 0.6) is 11.8 Å². The molecule has 1 heterocycles. The Hall–Kier alpha value is -2.42. The van der Waals surface area contributed by atoms with E-state index in [1.165, 1.54) is 0 Å². The van der Waals surface area contributed by atoms with E-state index in [0.29, 0.717) is 11.8 Å². The maximum Gasteiger partial charge on any atom is 0.202 e. The number of hydrogen-bond donors (Lipinski definition) is 2. The summed E-state index contributed by atoms with van der Waals surface area (Å²) < 4.78 is 1.67. The first-order valence-corrected chi connectivity index (χ1v) is 8.32. The fourth-order valence-corrected chi connectivity index (χ4v) is 4.77. The van der Waals surface area contributed by atoms with Gasteiger partial charge in [0.2, 0.25) is 11.8 Å². The molecule has 1 aromatic heterocycles. The molecule has 5 rings (SSSR count). The lowest BCUT2D eigenvalue weighted by atomic mass is 9.95. The highest BCUT2D eigenvalue weighted by molar-refractivity contribution is 5.92. The first-order valence-electron chi connectivity index (χ1n) is 8.32. The standard InChI is InChI=1S/C20H19NO2/c1-11-6-7-12-4-2-3-5-15(12)18(11)21-19(22)16-13-8-9-14(10-13)17(16)20(21)23/h2-7,13-14,22-23H,8-10H2,1H3/t13-,14+. The third kappa shape index (κ3) is 1.55. The monoisotopic (exact) mass is 305 g/mol. The van der Waals surface area contributed by atoms with Gasteiger partial charge in [-0.15, -0.1) is 0 Å². The molecule has 0 amide bonds. The first kappa shape index (κ1) is 13.1. The van der Waals surface area contributed by atoms with E-state index in [1.807, 2.05) is 19.1 Å². The maximum atomic E-state index is 10.9. The summed E-state index contributed by atoms with van der Waals surface area (Å²) in [5, 5.41) is 24.0. The summed E-state index contributed by atoms with van der Waals surface area (Å²) >= 11 is 0. The molecule has 3 nitrogen and oxygen atoms in total. The lowest BCUT2D eigenvalue weighted by molar-refractivity contribution is 0.395. The molecular weight excluding hydrogens is 286 g/mol. The highest BCUT2D eigenvalue weighted by atomic mass is 16.3. The van der Waals surface area contributed by atoms with E-state index < -0.39 is 0 Å². The average Bonchev–Trinajstić information content (AvgIpc) is 3.23. The number of rotatable bonds is 1. The van der Waals surface area contributed by atoms with Crippen molar-refractivity contribution in [2.75, 3.05) is 0 Å². The van der Waals surface area contributed by atoms with Crippen LogP contribution in [0.4, 0.5) is 0 Å². The van der Waals surface area contributed by atoms with Crippen molar-refractivity contribution >= 4 is 10.8 Å². The van der Waals surface area contributed by atoms with Gasteiger partial charge < -0.3 is 10.2 Å². The van der Waals surface area contributed by atoms with Crippen LogP contribution in [0, 0.1) is 6.92 Å². The molecule has 23 heavy (non-hydrogen) atoms. The van der Waals surface area contributed by atoms with Gasteiger partial charge in [0.1, 0.15) is 0 Å². The van der Waals surface area contributed by atoms with E-state index in [2.05, 4.69) is 24.3 Å². The molecular formula is C20H19NO2. The largest absolute Gasteiger partial charge is 0.494 e. The van der Waals surface area contributed by atoms with Gasteiger partial charge in [-0.2, -0.15) is 0 Å². The zero-order valence-electron chi connectivity index (χ0n) is 13.1. The summed E-state index contributed by atoms with van der Waals surface area (Å²) in [4.78, 5) is 0. The average molecular weight is 305 g/mol. The van der Waals surface area contributed by atoms with Gasteiger partial charge in [0, 0.05) is 16.5 Å². The molecule has 1 saturated carbocycles. The summed E-state index contributed by atoms with van der Waals surface area (Å²) in [6.45, 7) is 2.03. The van der Waals surface area contributed by atoms with E-state index in [4.69, 9.17) is 0 Å². The van der Waals surface area contributed by atoms with E-state index in [1.54, 1.807) is 4.57 Å². The Balaban J connectivity index is 1.87. The van der Waals surface area contributed by atoms with Crippen molar-refractivity contribution in [1.82, 2.24) is 4.57 Å². The molecule has 1 fully saturated rings. The van der Waals surface area contributed by atoms with Crippen molar-refractivity contribution in [3.05, 3.63) is 53.1 Å². The Morgan fingerprint density at radius 2 is 1.57 bits per heavy atom. The lowest BCUT2D eigenvalue weighted by Gasteiger charge is -2.15. The normalized spacial score (nSPS) is 22.0. The molecule has 3 aromatic rings. The van der Waals surface area contributed by atoms with E-state index in [-0.39, 0.29) is 11.8 Å². The van der Waals surface area contributed by atoms with Crippen molar-refractivity contribution in [2.24, 2.45) is 0 Å². The summed E-state index contributed by atoms with van der Waals surface area (Å²) in [6, 6.07) is 12.3. The number of aryl methyl sites for hydroxylation is 1. The molecule has 2 aromatic carbocycles. The SMILES string of the molecule is Cc1ccc2ccccc2c1-n1c(O)c2c(c1O)[C@H]1CC[C@@H]2C1. The number of benzene rings is 2. The van der Waals surface area contributed by atoms with Crippen molar-refractivity contribution < 1.29 is 10.2 Å². The summed E-state index contributed by atoms with van der Waals surface area (Å²) in [5.74, 6) is 1.31. The quantitative estimate of drug-likeness (QED) is 0.683. The minimum Gasteiger partial charge on any atom is -0.494 e. The molecule has 0 spiro atoms. The summed E-state index contributed by atoms with van der Waals surface area (Å²) in [7, 11) is 0. The molecule has 3 heteroatoms. The van der Waals surface area contributed by atoms with Crippen molar-refractivity contribution in [3.63, 3.8) is 0 Å². The molecule has 2 aliphatic carbocycles. The Morgan fingerprint density at radius 1 is 0.913 bits per heavy atom. The fourth-order valence-electron chi connectivity index (χ4n) is 4.77. The molecule has 2 bridgehead atoms. The predicted molar refractivity (Wildman–Crippen MR) is 90.7 cm³/mol. The van der Waals surface area contributed by atoms with Crippen LogP contribution in [0.1, 0.15) is 47.8 Å². The minimum absolute atomic E-state index is 0.240. The molecule has 0 saturated heterocycles. The van der Waals surface area contributed by atoms with Gasteiger partial charge in [-0.25, -0.2) is 0 Å². The van der Waals surface area contributed by atoms with Crippen molar-refractivity contribution in [2.45, 2.75) is 38.0 Å². The van der Waals surface area contributed by atoms with E-state index in [0.717, 1.165) is 52.4 Å².